The summed E-state index contributed by atoms with van der Waals surface area (Å²) in [4.78, 5) is 25.5. The number of H-pyrrole nitrogens is 1. The Balaban J connectivity index is 1.66. The second-order valence-corrected chi connectivity index (χ2v) is 7.99. The van der Waals surface area contributed by atoms with Crippen LogP contribution in [0.1, 0.15) is 43.8 Å². The molecule has 156 valence electrons. The summed E-state index contributed by atoms with van der Waals surface area (Å²) in [6.45, 7) is 2.00. The molecule has 2 aromatic heterocycles. The van der Waals surface area contributed by atoms with E-state index in [-0.39, 0.29) is 11.7 Å². The van der Waals surface area contributed by atoms with E-state index >= 15 is 0 Å². The molecule has 7 heteroatoms. The number of hydrogen-bond donors (Lipinski definition) is 2. The number of aromatic amines is 1. The summed E-state index contributed by atoms with van der Waals surface area (Å²) in [5.74, 6) is 0.268. The van der Waals surface area contributed by atoms with Crippen LogP contribution in [-0.2, 0) is 6.54 Å². The number of nitrogens with zero attached hydrogens (tertiary/aromatic N) is 1. The summed E-state index contributed by atoms with van der Waals surface area (Å²) in [5, 5.41) is 13.0. The van der Waals surface area contributed by atoms with Gasteiger partial charge in [-0.15, -0.1) is 11.3 Å². The predicted molar refractivity (Wildman–Crippen MR) is 124 cm³/mol. The van der Waals surface area contributed by atoms with Gasteiger partial charge in [-0.1, -0.05) is 30.3 Å². The zero-order valence-corrected chi connectivity index (χ0v) is 18.0. The van der Waals surface area contributed by atoms with Crippen LogP contribution in [0.25, 0.3) is 23.1 Å². The van der Waals surface area contributed by atoms with Crippen molar-refractivity contribution in [2.75, 3.05) is 7.11 Å². The molecule has 4 aromatic rings. The summed E-state index contributed by atoms with van der Waals surface area (Å²) in [6, 6.07) is 14.8. The second kappa shape index (κ2) is 8.97. The first-order chi connectivity index (χ1) is 15.1. The minimum atomic E-state index is -0.211. The topological polar surface area (TPSA) is 84.1 Å². The Kier molecular flexibility index (Phi) is 5.95. The number of nitrogens with one attached hydrogen (secondary N) is 2. The van der Waals surface area contributed by atoms with Gasteiger partial charge in [-0.25, -0.2) is 0 Å². The summed E-state index contributed by atoms with van der Waals surface area (Å²) < 4.78 is 5.62. The third kappa shape index (κ3) is 4.41. The normalized spacial score (nSPS) is 11.2. The molecule has 0 bridgehead atoms. The van der Waals surface area contributed by atoms with Crippen molar-refractivity contribution < 1.29 is 14.3 Å². The average Bonchev–Trinajstić information content (AvgIpc) is 3.45. The van der Waals surface area contributed by atoms with E-state index in [2.05, 4.69) is 15.5 Å². The quantitative estimate of drug-likeness (QED) is 0.406. The number of ether oxygens (including phenoxy) is 1. The lowest BCUT2D eigenvalue weighted by atomic mass is 10.1. The van der Waals surface area contributed by atoms with Gasteiger partial charge in [0.2, 0.25) is 0 Å². The highest BCUT2D eigenvalue weighted by Crippen LogP contribution is 2.32. The Hall–Kier alpha value is -3.71. The van der Waals surface area contributed by atoms with Crippen molar-refractivity contribution in [3.8, 4) is 5.75 Å². The number of benzene rings is 2. The molecule has 6 nitrogen and oxygen atoms in total. The molecule has 0 saturated heterocycles. The van der Waals surface area contributed by atoms with Gasteiger partial charge in [0.15, 0.2) is 5.78 Å². The molecule has 2 N–H and O–H groups in total. The standard InChI is InChI=1S/C24H21N3O3S/c1-15(28)17-6-3-5-16(13-17)8-10-20-22-21(27-26-20)11-9-19(23(22)30-2)24(29)25-14-18-7-4-12-31-18/h3-13H,14H2,1-2H3,(H,25,29)(H,26,27)/b10-8+. The number of carbonyl (C=O) groups excluding carboxylic acids is 2. The first-order valence-corrected chi connectivity index (χ1v) is 10.6. The Morgan fingerprint density at radius 1 is 1.16 bits per heavy atom. The predicted octanol–water partition coefficient (Wildman–Crippen LogP) is 4.94. The number of aromatic nitrogens is 2. The molecule has 31 heavy (non-hydrogen) atoms. The Labute approximate surface area is 183 Å². The van der Waals surface area contributed by atoms with Gasteiger partial charge in [-0.3, -0.25) is 14.7 Å². The van der Waals surface area contributed by atoms with Crippen molar-refractivity contribution in [1.82, 2.24) is 15.5 Å². The number of Topliss-reactive ketones (excluding diaryl/α,β-unsaturated/α-hetero) is 1. The molecule has 0 fully saturated rings. The number of fused-ring (bicyclic) bond motifs is 1. The first kappa shape index (κ1) is 20.6. The van der Waals surface area contributed by atoms with Crippen LogP contribution in [0, 0.1) is 0 Å². The van der Waals surface area contributed by atoms with Gasteiger partial charge in [0.25, 0.3) is 5.91 Å². The van der Waals surface area contributed by atoms with Crippen LogP contribution in [0.15, 0.2) is 53.9 Å². The van der Waals surface area contributed by atoms with Crippen molar-refractivity contribution in [3.05, 3.63) is 81.2 Å². The van der Waals surface area contributed by atoms with Crippen molar-refractivity contribution in [2.45, 2.75) is 13.5 Å². The van der Waals surface area contributed by atoms with Crippen molar-refractivity contribution >= 4 is 46.1 Å². The van der Waals surface area contributed by atoms with E-state index in [4.69, 9.17) is 4.74 Å². The molecule has 2 heterocycles. The fourth-order valence-corrected chi connectivity index (χ4v) is 3.97. The highest BCUT2D eigenvalue weighted by atomic mass is 32.1. The van der Waals surface area contributed by atoms with Gasteiger partial charge >= 0.3 is 0 Å². The molecule has 0 unspecified atom stereocenters. The lowest BCUT2D eigenvalue weighted by Crippen LogP contribution is -2.22. The number of ketones is 1. The number of amides is 1. The van der Waals surface area contributed by atoms with Crippen molar-refractivity contribution in [2.24, 2.45) is 0 Å². The van der Waals surface area contributed by atoms with E-state index in [0.717, 1.165) is 21.3 Å². The lowest BCUT2D eigenvalue weighted by molar-refractivity contribution is 0.0947. The van der Waals surface area contributed by atoms with Gasteiger partial charge < -0.3 is 10.1 Å². The Morgan fingerprint density at radius 2 is 2.03 bits per heavy atom. The lowest BCUT2D eigenvalue weighted by Gasteiger charge is -2.10. The van der Waals surface area contributed by atoms with Crippen LogP contribution in [0.5, 0.6) is 5.75 Å². The number of rotatable bonds is 7. The maximum atomic E-state index is 12.8. The molecule has 0 saturated carbocycles. The zero-order valence-electron chi connectivity index (χ0n) is 17.1. The van der Waals surface area contributed by atoms with Crippen molar-refractivity contribution in [1.29, 1.82) is 0 Å². The van der Waals surface area contributed by atoms with Crippen LogP contribution < -0.4 is 10.1 Å². The summed E-state index contributed by atoms with van der Waals surface area (Å²) in [7, 11) is 1.54. The maximum Gasteiger partial charge on any atom is 0.255 e. The largest absolute Gasteiger partial charge is 0.495 e. The van der Waals surface area contributed by atoms with Crippen molar-refractivity contribution in [3.63, 3.8) is 0 Å². The van der Waals surface area contributed by atoms with Crippen LogP contribution in [-0.4, -0.2) is 29.0 Å². The van der Waals surface area contributed by atoms with E-state index in [1.54, 1.807) is 37.5 Å². The molecule has 2 aromatic carbocycles. The second-order valence-electron chi connectivity index (χ2n) is 6.95. The number of hydrogen-bond acceptors (Lipinski definition) is 5. The molecule has 0 aliphatic rings. The molecular weight excluding hydrogens is 410 g/mol. The molecule has 0 aliphatic carbocycles. The van der Waals surface area contributed by atoms with Gasteiger partial charge in [0, 0.05) is 10.4 Å². The van der Waals surface area contributed by atoms with E-state index < -0.39 is 0 Å². The smallest absolute Gasteiger partial charge is 0.255 e. The van der Waals surface area contributed by atoms with E-state index in [1.165, 1.54) is 0 Å². The molecule has 0 spiro atoms. The molecule has 0 atom stereocenters. The zero-order chi connectivity index (χ0) is 21.8. The van der Waals surface area contributed by atoms with Gasteiger partial charge in [-0.05, 0) is 48.2 Å². The number of thiophene rings is 1. The highest BCUT2D eigenvalue weighted by molar-refractivity contribution is 7.09. The minimum Gasteiger partial charge on any atom is -0.495 e. The van der Waals surface area contributed by atoms with Crippen LogP contribution in [0.2, 0.25) is 0 Å². The molecule has 0 radical (unpaired) electrons. The number of carbonyl (C=O) groups is 2. The third-order valence-electron chi connectivity index (χ3n) is 4.89. The maximum absolute atomic E-state index is 12.8. The van der Waals surface area contributed by atoms with Crippen LogP contribution >= 0.6 is 11.3 Å². The summed E-state index contributed by atoms with van der Waals surface area (Å²) in [6.07, 6.45) is 3.72. The van der Waals surface area contributed by atoms with Gasteiger partial charge in [0.1, 0.15) is 5.75 Å². The fourth-order valence-electron chi connectivity index (χ4n) is 3.33. The SMILES string of the molecule is COc1c(C(=O)NCc2cccs2)ccc2[nH]nc(/C=C/c3cccc(C(C)=O)c3)c12. The van der Waals surface area contributed by atoms with E-state index in [9.17, 15) is 9.59 Å². The summed E-state index contributed by atoms with van der Waals surface area (Å²) >= 11 is 1.59. The molecular formula is C24H21N3O3S. The molecule has 1 amide bonds. The Morgan fingerprint density at radius 3 is 2.77 bits per heavy atom. The van der Waals surface area contributed by atoms with Crippen LogP contribution in [0.4, 0.5) is 0 Å². The average molecular weight is 432 g/mol. The van der Waals surface area contributed by atoms with E-state index in [1.807, 2.05) is 53.9 Å². The minimum absolute atomic E-state index is 0.0142. The Bertz CT molecular complexity index is 1270. The van der Waals surface area contributed by atoms with Gasteiger partial charge in [0.05, 0.1) is 35.8 Å². The van der Waals surface area contributed by atoms with E-state index in [0.29, 0.717) is 29.1 Å². The first-order valence-electron chi connectivity index (χ1n) is 9.71. The molecule has 4 rings (SSSR count). The fraction of sp³-hybridized carbons (Fsp3) is 0.125. The van der Waals surface area contributed by atoms with Gasteiger partial charge in [-0.2, -0.15) is 5.10 Å². The number of methoxy groups -OCH3 is 1. The highest BCUT2D eigenvalue weighted by Gasteiger charge is 2.18. The monoisotopic (exact) mass is 431 g/mol. The summed E-state index contributed by atoms with van der Waals surface area (Å²) in [5.41, 5.74) is 3.39. The molecule has 0 aliphatic heterocycles. The van der Waals surface area contributed by atoms with Crippen LogP contribution in [0.3, 0.4) is 0 Å². The third-order valence-corrected chi connectivity index (χ3v) is 5.77.